The zero-order chi connectivity index (χ0) is 9.30. The third-order valence-corrected chi connectivity index (χ3v) is 1.51. The SMILES string of the molecule is CC1OC([C@@H](O)[C@H](O)C(=O)O)O1. The molecule has 0 bridgehead atoms. The molecule has 3 N–H and O–H groups in total. The normalized spacial score (nSPS) is 33.6. The Morgan fingerprint density at radius 3 is 2.25 bits per heavy atom. The maximum atomic E-state index is 10.1. The summed E-state index contributed by atoms with van der Waals surface area (Å²) in [6, 6.07) is 0. The van der Waals surface area contributed by atoms with Crippen LogP contribution in [0.5, 0.6) is 0 Å². The fourth-order valence-corrected chi connectivity index (χ4v) is 0.844. The summed E-state index contributed by atoms with van der Waals surface area (Å²) in [7, 11) is 0. The van der Waals surface area contributed by atoms with Crippen LogP contribution < -0.4 is 0 Å². The van der Waals surface area contributed by atoms with Gasteiger partial charge in [-0.3, -0.25) is 0 Å². The van der Waals surface area contributed by atoms with Gasteiger partial charge in [-0.05, 0) is 6.92 Å². The van der Waals surface area contributed by atoms with Crippen LogP contribution in [0.4, 0.5) is 0 Å². The van der Waals surface area contributed by atoms with Crippen molar-refractivity contribution in [3.8, 4) is 0 Å². The highest BCUT2D eigenvalue weighted by atomic mass is 16.9. The van der Waals surface area contributed by atoms with E-state index in [1.165, 1.54) is 0 Å². The molecule has 0 unspecified atom stereocenters. The van der Waals surface area contributed by atoms with Gasteiger partial charge in [0.05, 0.1) is 0 Å². The van der Waals surface area contributed by atoms with Gasteiger partial charge in [0.25, 0.3) is 0 Å². The largest absolute Gasteiger partial charge is 0.479 e. The Bertz CT molecular complexity index is 175. The van der Waals surface area contributed by atoms with Gasteiger partial charge in [-0.2, -0.15) is 0 Å². The molecule has 1 saturated heterocycles. The number of rotatable bonds is 3. The Balaban J connectivity index is 2.37. The van der Waals surface area contributed by atoms with Crippen LogP contribution in [0.1, 0.15) is 6.92 Å². The minimum absolute atomic E-state index is 0.453. The Morgan fingerprint density at radius 1 is 1.42 bits per heavy atom. The molecule has 1 aliphatic rings. The zero-order valence-corrected chi connectivity index (χ0v) is 6.38. The molecule has 6 heteroatoms. The molecule has 0 aromatic carbocycles. The molecule has 70 valence electrons. The molecule has 6 nitrogen and oxygen atoms in total. The second-order valence-electron chi connectivity index (χ2n) is 2.48. The summed E-state index contributed by atoms with van der Waals surface area (Å²) < 4.78 is 9.55. The number of aliphatic carboxylic acids is 1. The first kappa shape index (κ1) is 9.40. The minimum Gasteiger partial charge on any atom is -0.479 e. The number of aliphatic hydroxyl groups is 2. The highest BCUT2D eigenvalue weighted by Gasteiger charge is 2.40. The summed E-state index contributed by atoms with van der Waals surface area (Å²) in [6.45, 7) is 1.59. The molecular weight excluding hydrogens is 168 g/mol. The minimum atomic E-state index is -1.87. The molecule has 2 atom stereocenters. The molecule has 12 heavy (non-hydrogen) atoms. The van der Waals surface area contributed by atoms with Crippen LogP contribution in [0.2, 0.25) is 0 Å². The first-order valence-electron chi connectivity index (χ1n) is 3.42. The van der Waals surface area contributed by atoms with E-state index >= 15 is 0 Å². The van der Waals surface area contributed by atoms with E-state index in [2.05, 4.69) is 0 Å². The molecule has 0 spiro atoms. The second kappa shape index (κ2) is 3.36. The molecule has 1 aliphatic heterocycles. The smallest absolute Gasteiger partial charge is 0.335 e. The van der Waals surface area contributed by atoms with Crippen LogP contribution in [0.3, 0.4) is 0 Å². The molecule has 0 radical (unpaired) electrons. The second-order valence-corrected chi connectivity index (χ2v) is 2.48. The highest BCUT2D eigenvalue weighted by molar-refractivity contribution is 5.72. The van der Waals surface area contributed by atoms with Crippen molar-refractivity contribution in [3.63, 3.8) is 0 Å². The van der Waals surface area contributed by atoms with E-state index in [0.29, 0.717) is 0 Å². The van der Waals surface area contributed by atoms with E-state index in [0.717, 1.165) is 0 Å². The number of ether oxygens (including phenoxy) is 2. The number of carboxylic acids is 1. The summed E-state index contributed by atoms with van der Waals surface area (Å²) in [5.41, 5.74) is 0. The summed E-state index contributed by atoms with van der Waals surface area (Å²) in [4.78, 5) is 10.1. The summed E-state index contributed by atoms with van der Waals surface area (Å²) in [5, 5.41) is 26.1. The third-order valence-electron chi connectivity index (χ3n) is 1.51. The van der Waals surface area contributed by atoms with Crippen molar-refractivity contribution < 1.29 is 29.6 Å². The first-order valence-corrected chi connectivity index (χ1v) is 3.42. The summed E-state index contributed by atoms with van der Waals surface area (Å²) in [6.07, 6.45) is -4.90. The number of hydrogen-bond donors (Lipinski definition) is 3. The van der Waals surface area contributed by atoms with E-state index in [1.54, 1.807) is 6.92 Å². The number of aliphatic hydroxyl groups excluding tert-OH is 2. The molecule has 1 rings (SSSR count). The van der Waals surface area contributed by atoms with Gasteiger partial charge in [-0.1, -0.05) is 0 Å². The van der Waals surface area contributed by atoms with E-state index < -0.39 is 30.8 Å². The predicted octanol–water partition coefficient (Wildman–Crippen LogP) is -1.49. The lowest BCUT2D eigenvalue weighted by atomic mass is 10.2. The zero-order valence-electron chi connectivity index (χ0n) is 6.38. The number of carbonyl (C=O) groups is 1. The molecule has 1 fully saturated rings. The molecule has 0 aromatic heterocycles. The van der Waals surface area contributed by atoms with Crippen molar-refractivity contribution in [3.05, 3.63) is 0 Å². The van der Waals surface area contributed by atoms with Crippen molar-refractivity contribution >= 4 is 5.97 Å². The van der Waals surface area contributed by atoms with E-state index in [4.69, 9.17) is 24.8 Å². The molecular formula is C6H10O6. The van der Waals surface area contributed by atoms with Gasteiger partial charge in [0.2, 0.25) is 0 Å². The Kier molecular flexibility index (Phi) is 2.63. The molecule has 0 aromatic rings. The first-order chi connectivity index (χ1) is 5.52. The molecule has 0 amide bonds. The van der Waals surface area contributed by atoms with Crippen LogP contribution in [0, 0.1) is 0 Å². The average Bonchev–Trinajstić information content (AvgIpc) is 1.95. The lowest BCUT2D eigenvalue weighted by molar-refractivity contribution is -0.403. The van der Waals surface area contributed by atoms with Crippen molar-refractivity contribution in [2.75, 3.05) is 0 Å². The van der Waals surface area contributed by atoms with E-state index in [9.17, 15) is 4.79 Å². The maximum absolute atomic E-state index is 10.1. The predicted molar refractivity (Wildman–Crippen MR) is 35.1 cm³/mol. The highest BCUT2D eigenvalue weighted by Crippen LogP contribution is 2.20. The van der Waals surface area contributed by atoms with Gasteiger partial charge >= 0.3 is 5.97 Å². The molecule has 0 saturated carbocycles. The summed E-state index contributed by atoms with van der Waals surface area (Å²) in [5.74, 6) is -1.51. The number of hydrogen-bond acceptors (Lipinski definition) is 5. The monoisotopic (exact) mass is 178 g/mol. The van der Waals surface area contributed by atoms with Gasteiger partial charge in [-0.25, -0.2) is 4.79 Å². The van der Waals surface area contributed by atoms with Crippen LogP contribution in [-0.4, -0.2) is 46.1 Å². The van der Waals surface area contributed by atoms with Crippen molar-refractivity contribution in [2.45, 2.75) is 31.7 Å². The van der Waals surface area contributed by atoms with Crippen molar-refractivity contribution in [1.29, 1.82) is 0 Å². The Hall–Kier alpha value is -0.690. The average molecular weight is 178 g/mol. The van der Waals surface area contributed by atoms with Crippen LogP contribution in [0.15, 0.2) is 0 Å². The third kappa shape index (κ3) is 1.72. The van der Waals surface area contributed by atoms with Crippen LogP contribution in [0.25, 0.3) is 0 Å². The van der Waals surface area contributed by atoms with Gasteiger partial charge in [0.15, 0.2) is 18.7 Å². The Morgan fingerprint density at radius 2 is 1.92 bits per heavy atom. The quantitative estimate of drug-likeness (QED) is 0.487. The fraction of sp³-hybridized carbons (Fsp3) is 0.833. The van der Waals surface area contributed by atoms with Crippen molar-refractivity contribution in [2.24, 2.45) is 0 Å². The lowest BCUT2D eigenvalue weighted by Crippen LogP contribution is -2.53. The van der Waals surface area contributed by atoms with Crippen molar-refractivity contribution in [1.82, 2.24) is 0 Å². The van der Waals surface area contributed by atoms with Crippen LogP contribution in [-0.2, 0) is 14.3 Å². The molecule has 0 aliphatic carbocycles. The van der Waals surface area contributed by atoms with Crippen LogP contribution >= 0.6 is 0 Å². The van der Waals surface area contributed by atoms with Gasteiger partial charge in [0.1, 0.15) is 6.10 Å². The fourth-order valence-electron chi connectivity index (χ4n) is 0.844. The van der Waals surface area contributed by atoms with E-state index in [1.807, 2.05) is 0 Å². The standard InChI is InChI=1S/C6H10O6/c1-2-11-6(12-2)4(8)3(7)5(9)10/h2-4,6-8H,1H3,(H,9,10)/t2?,3-,4-,6?/m0/s1. The maximum Gasteiger partial charge on any atom is 0.335 e. The molecule has 1 heterocycles. The number of carboxylic acid groups (broad SMARTS) is 1. The lowest BCUT2D eigenvalue weighted by Gasteiger charge is -2.37. The Labute approximate surface area is 68.3 Å². The topological polar surface area (TPSA) is 96.2 Å². The van der Waals surface area contributed by atoms with Gasteiger partial charge in [0, 0.05) is 0 Å². The van der Waals surface area contributed by atoms with Gasteiger partial charge in [-0.15, -0.1) is 0 Å². The van der Waals surface area contributed by atoms with E-state index in [-0.39, 0.29) is 0 Å². The summed E-state index contributed by atoms with van der Waals surface area (Å²) >= 11 is 0. The van der Waals surface area contributed by atoms with Gasteiger partial charge < -0.3 is 24.8 Å².